The Hall–Kier alpha value is -2.96. The Labute approximate surface area is 112 Å². The zero-order valence-electron chi connectivity index (χ0n) is 10.0. The van der Waals surface area contributed by atoms with Crippen molar-refractivity contribution in [1.29, 1.82) is 0 Å². The van der Waals surface area contributed by atoms with Crippen molar-refractivity contribution in [1.82, 2.24) is 5.16 Å². The molecule has 0 spiro atoms. The monoisotopic (exact) mass is 276 g/mol. The molecule has 2 aromatic rings. The third kappa shape index (κ3) is 3.29. The van der Waals surface area contributed by atoms with E-state index in [0.717, 1.165) is 12.1 Å². The highest BCUT2D eigenvalue weighted by Gasteiger charge is 2.13. The molecule has 2 rings (SSSR count). The van der Waals surface area contributed by atoms with E-state index in [1.807, 2.05) is 0 Å². The van der Waals surface area contributed by atoms with E-state index < -0.39 is 17.7 Å². The molecule has 0 aliphatic heterocycles. The molecule has 0 aliphatic rings. The first kappa shape index (κ1) is 13.5. The van der Waals surface area contributed by atoms with Gasteiger partial charge in [-0.1, -0.05) is 11.2 Å². The third-order valence-corrected chi connectivity index (χ3v) is 2.34. The fraction of sp³-hybridized carbons (Fsp3) is 0. The second-order valence-electron chi connectivity index (χ2n) is 3.78. The average Bonchev–Trinajstić information content (AvgIpc) is 2.90. The van der Waals surface area contributed by atoms with Crippen LogP contribution in [0.25, 0.3) is 6.08 Å². The van der Waals surface area contributed by atoms with Gasteiger partial charge in [0, 0.05) is 6.08 Å². The number of halogens is 1. The van der Waals surface area contributed by atoms with E-state index in [2.05, 4.69) is 15.0 Å². The van der Waals surface area contributed by atoms with Gasteiger partial charge >= 0.3 is 5.97 Å². The van der Waals surface area contributed by atoms with Gasteiger partial charge < -0.3 is 14.9 Å². The van der Waals surface area contributed by atoms with E-state index in [1.54, 1.807) is 0 Å². The summed E-state index contributed by atoms with van der Waals surface area (Å²) in [6.45, 7) is 0. The molecule has 2 N–H and O–H groups in total. The van der Waals surface area contributed by atoms with Gasteiger partial charge in [-0.2, -0.15) is 0 Å². The number of rotatable bonds is 4. The zero-order chi connectivity index (χ0) is 14.5. The summed E-state index contributed by atoms with van der Waals surface area (Å²) < 4.78 is 18.1. The van der Waals surface area contributed by atoms with Crippen molar-refractivity contribution >= 4 is 23.6 Å². The number of nitrogens with zero attached hydrogens (tertiary/aromatic N) is 1. The Morgan fingerprint density at radius 2 is 2.20 bits per heavy atom. The molecule has 1 amide bonds. The maximum Gasteiger partial charge on any atom is 0.328 e. The molecule has 0 atom stereocenters. The third-order valence-electron chi connectivity index (χ3n) is 2.34. The van der Waals surface area contributed by atoms with E-state index in [9.17, 15) is 14.0 Å². The number of carbonyl (C=O) groups is 2. The van der Waals surface area contributed by atoms with E-state index in [4.69, 9.17) is 5.11 Å². The van der Waals surface area contributed by atoms with Crippen LogP contribution in [0.15, 0.2) is 41.3 Å². The quantitative estimate of drug-likeness (QED) is 0.835. The second-order valence-corrected chi connectivity index (χ2v) is 3.78. The molecule has 0 bridgehead atoms. The maximum absolute atomic E-state index is 13.6. The molecule has 0 radical (unpaired) electrons. The number of hydrogen-bond donors (Lipinski definition) is 2. The van der Waals surface area contributed by atoms with E-state index in [-0.39, 0.29) is 5.56 Å². The highest BCUT2D eigenvalue weighted by Crippen LogP contribution is 2.14. The van der Waals surface area contributed by atoms with Crippen LogP contribution in [0.1, 0.15) is 15.9 Å². The van der Waals surface area contributed by atoms with Gasteiger partial charge in [-0.05, 0) is 23.8 Å². The number of aromatic nitrogens is 1. The number of anilines is 1. The number of amides is 1. The van der Waals surface area contributed by atoms with Gasteiger partial charge in [-0.3, -0.25) is 4.79 Å². The van der Waals surface area contributed by atoms with Crippen LogP contribution in [0, 0.1) is 5.82 Å². The summed E-state index contributed by atoms with van der Waals surface area (Å²) in [5.74, 6) is -2.53. The van der Waals surface area contributed by atoms with Crippen molar-refractivity contribution in [3.63, 3.8) is 0 Å². The van der Waals surface area contributed by atoms with Crippen molar-refractivity contribution in [2.24, 2.45) is 0 Å². The summed E-state index contributed by atoms with van der Waals surface area (Å²) in [6.07, 6.45) is 4.63. The number of aliphatic carboxylic acids is 1. The lowest BCUT2D eigenvalue weighted by atomic mass is 10.1. The van der Waals surface area contributed by atoms with Gasteiger partial charge in [0.05, 0.1) is 11.8 Å². The lowest BCUT2D eigenvalue weighted by Crippen LogP contribution is -2.13. The van der Waals surface area contributed by atoms with Crippen molar-refractivity contribution in [2.45, 2.75) is 0 Å². The topological polar surface area (TPSA) is 92.4 Å². The number of benzene rings is 1. The standard InChI is InChI=1S/C13H9FN2O4/c14-11-3-1-8(2-4-12(17)18)5-10(11)13(19)16-9-6-15-20-7-9/h1-7H,(H,16,19)(H,17,18). The summed E-state index contributed by atoms with van der Waals surface area (Å²) in [7, 11) is 0. The fourth-order valence-corrected chi connectivity index (χ4v) is 1.45. The van der Waals surface area contributed by atoms with Gasteiger partial charge in [-0.25, -0.2) is 9.18 Å². The maximum atomic E-state index is 13.6. The van der Waals surface area contributed by atoms with Crippen LogP contribution in [-0.4, -0.2) is 22.1 Å². The first-order chi connectivity index (χ1) is 9.56. The van der Waals surface area contributed by atoms with Crippen molar-refractivity contribution in [2.75, 3.05) is 5.32 Å². The minimum Gasteiger partial charge on any atom is -0.478 e. The number of carboxylic acids is 1. The van der Waals surface area contributed by atoms with E-state index >= 15 is 0 Å². The Morgan fingerprint density at radius 1 is 1.40 bits per heavy atom. The summed E-state index contributed by atoms with van der Waals surface area (Å²) in [4.78, 5) is 22.3. The molecule has 1 aromatic carbocycles. The molecule has 0 unspecified atom stereocenters. The molecular weight excluding hydrogens is 267 g/mol. The fourth-order valence-electron chi connectivity index (χ4n) is 1.45. The normalized spacial score (nSPS) is 10.7. The summed E-state index contributed by atoms with van der Waals surface area (Å²) in [5, 5.41) is 14.3. The SMILES string of the molecule is O=C(O)C=Cc1ccc(F)c(C(=O)Nc2cnoc2)c1. The minimum atomic E-state index is -1.13. The predicted octanol–water partition coefficient (Wildman–Crippen LogP) is 2.16. The lowest BCUT2D eigenvalue weighted by molar-refractivity contribution is -0.131. The van der Waals surface area contributed by atoms with Crippen LogP contribution in [0.2, 0.25) is 0 Å². The summed E-state index contributed by atoms with van der Waals surface area (Å²) in [5.41, 5.74) is 0.476. The number of carboxylic acid groups (broad SMARTS) is 1. The zero-order valence-corrected chi connectivity index (χ0v) is 10.0. The van der Waals surface area contributed by atoms with Gasteiger partial charge in [0.2, 0.25) is 0 Å². The number of nitrogens with one attached hydrogen (secondary N) is 1. The molecule has 1 heterocycles. The van der Waals surface area contributed by atoms with Gasteiger partial charge in [-0.15, -0.1) is 0 Å². The molecule has 1 aromatic heterocycles. The molecule has 0 aliphatic carbocycles. The first-order valence-corrected chi connectivity index (χ1v) is 5.47. The minimum absolute atomic E-state index is 0.210. The van der Waals surface area contributed by atoms with Crippen LogP contribution >= 0.6 is 0 Å². The average molecular weight is 276 g/mol. The smallest absolute Gasteiger partial charge is 0.328 e. The summed E-state index contributed by atoms with van der Waals surface area (Å²) >= 11 is 0. The van der Waals surface area contributed by atoms with Crippen LogP contribution in [-0.2, 0) is 4.79 Å². The molecule has 0 saturated carbocycles. The van der Waals surface area contributed by atoms with Crippen LogP contribution < -0.4 is 5.32 Å². The Balaban J connectivity index is 2.24. The molecule has 0 fully saturated rings. The molecule has 7 heteroatoms. The van der Waals surface area contributed by atoms with Crippen LogP contribution in [0.5, 0.6) is 0 Å². The Kier molecular flexibility index (Phi) is 3.90. The highest BCUT2D eigenvalue weighted by atomic mass is 19.1. The molecule has 0 saturated heterocycles. The Morgan fingerprint density at radius 3 is 2.85 bits per heavy atom. The van der Waals surface area contributed by atoms with Gasteiger partial charge in [0.15, 0.2) is 0 Å². The molecule has 20 heavy (non-hydrogen) atoms. The van der Waals surface area contributed by atoms with Gasteiger partial charge in [0.25, 0.3) is 5.91 Å². The van der Waals surface area contributed by atoms with Gasteiger partial charge in [0.1, 0.15) is 17.8 Å². The lowest BCUT2D eigenvalue weighted by Gasteiger charge is -2.04. The van der Waals surface area contributed by atoms with Crippen molar-refractivity contribution < 1.29 is 23.6 Å². The van der Waals surface area contributed by atoms with Crippen molar-refractivity contribution in [3.8, 4) is 0 Å². The van der Waals surface area contributed by atoms with Crippen LogP contribution in [0.3, 0.4) is 0 Å². The molecular formula is C13H9FN2O4. The number of hydrogen-bond acceptors (Lipinski definition) is 4. The molecule has 6 nitrogen and oxygen atoms in total. The number of carbonyl (C=O) groups excluding carboxylic acids is 1. The van der Waals surface area contributed by atoms with E-state index in [0.29, 0.717) is 11.3 Å². The Bertz CT molecular complexity index is 665. The molecule has 102 valence electrons. The highest BCUT2D eigenvalue weighted by molar-refractivity contribution is 6.04. The largest absolute Gasteiger partial charge is 0.478 e. The predicted molar refractivity (Wildman–Crippen MR) is 67.5 cm³/mol. The van der Waals surface area contributed by atoms with Crippen LogP contribution in [0.4, 0.5) is 10.1 Å². The first-order valence-electron chi connectivity index (χ1n) is 5.47. The second kappa shape index (κ2) is 5.79. The van der Waals surface area contributed by atoms with Crippen molar-refractivity contribution in [3.05, 3.63) is 53.7 Å². The summed E-state index contributed by atoms with van der Waals surface area (Å²) in [6, 6.07) is 3.70. The van der Waals surface area contributed by atoms with E-state index in [1.165, 1.54) is 30.7 Å².